The molecule has 0 aromatic carbocycles. The highest BCUT2D eigenvalue weighted by atomic mass is 127. The first-order valence-electron chi connectivity index (χ1n) is 6.94. The summed E-state index contributed by atoms with van der Waals surface area (Å²) in [6.45, 7) is 7.79. The van der Waals surface area contributed by atoms with Crippen molar-refractivity contribution in [2.24, 2.45) is 5.92 Å². The third-order valence-electron chi connectivity index (χ3n) is 4.05. The number of ether oxygens (including phenoxy) is 1. The van der Waals surface area contributed by atoms with Crippen LogP contribution in [0.2, 0.25) is 0 Å². The number of H-pyrrole nitrogens is 1. The Balaban J connectivity index is 1.89. The van der Waals surface area contributed by atoms with Crippen LogP contribution in [0.15, 0.2) is 6.20 Å². The highest BCUT2D eigenvalue weighted by Crippen LogP contribution is 2.56. The molecule has 1 aromatic heterocycles. The van der Waals surface area contributed by atoms with Gasteiger partial charge >= 0.3 is 6.09 Å². The molecule has 6 heteroatoms. The first-order chi connectivity index (χ1) is 9.21. The van der Waals surface area contributed by atoms with Crippen molar-refractivity contribution >= 4 is 28.7 Å². The van der Waals surface area contributed by atoms with E-state index in [-0.39, 0.29) is 11.6 Å². The maximum absolute atomic E-state index is 12.6. The van der Waals surface area contributed by atoms with E-state index in [1.165, 1.54) is 0 Å². The molecule has 3 rings (SSSR count). The summed E-state index contributed by atoms with van der Waals surface area (Å²) < 4.78 is 6.58. The fourth-order valence-electron chi connectivity index (χ4n) is 3.17. The second kappa shape index (κ2) is 4.35. The van der Waals surface area contributed by atoms with E-state index in [2.05, 4.69) is 39.5 Å². The summed E-state index contributed by atoms with van der Waals surface area (Å²) in [5, 5.41) is 0. The van der Waals surface area contributed by atoms with Crippen LogP contribution in [0.25, 0.3) is 0 Å². The number of hydrogen-bond acceptors (Lipinski definition) is 3. The third kappa shape index (κ3) is 2.31. The maximum atomic E-state index is 12.6. The highest BCUT2D eigenvalue weighted by Gasteiger charge is 2.62. The maximum Gasteiger partial charge on any atom is 0.411 e. The molecule has 1 aromatic rings. The Labute approximate surface area is 132 Å². The average Bonchev–Trinajstić information content (AvgIpc) is 2.75. The van der Waals surface area contributed by atoms with Crippen molar-refractivity contribution in [1.29, 1.82) is 0 Å². The van der Waals surface area contributed by atoms with Crippen LogP contribution in [-0.2, 0) is 10.3 Å². The van der Waals surface area contributed by atoms with Crippen LogP contribution < -0.4 is 0 Å². The standard InChI is InChI=1S/C14H20IN3O2/c1-13(2,3)20-12(19)18-9-5-8(9)6-14(18,4)11-16-7-10(15)17-11/h7-9H,5-6H2,1-4H3,(H,16,17)/t8-,9-,14?/m1/s1. The number of nitrogens with zero attached hydrogens (tertiary/aromatic N) is 2. The lowest BCUT2D eigenvalue weighted by Crippen LogP contribution is -2.48. The fraction of sp³-hybridized carbons (Fsp3) is 0.714. The van der Waals surface area contributed by atoms with Crippen LogP contribution in [0, 0.1) is 9.62 Å². The van der Waals surface area contributed by atoms with Crippen molar-refractivity contribution in [3.63, 3.8) is 0 Å². The number of carbonyl (C=O) groups excluding carboxylic acids is 1. The minimum Gasteiger partial charge on any atom is -0.444 e. The molecule has 1 saturated heterocycles. The Hall–Kier alpha value is -0.790. The number of rotatable bonds is 1. The molecule has 0 radical (unpaired) electrons. The van der Waals surface area contributed by atoms with Gasteiger partial charge in [0.05, 0.1) is 9.90 Å². The summed E-state index contributed by atoms with van der Waals surface area (Å²) in [6, 6.07) is 0.317. The molecule has 1 N–H and O–H groups in total. The first-order valence-corrected chi connectivity index (χ1v) is 8.02. The van der Waals surface area contributed by atoms with Crippen molar-refractivity contribution in [2.45, 2.75) is 57.7 Å². The van der Waals surface area contributed by atoms with E-state index < -0.39 is 5.60 Å². The lowest BCUT2D eigenvalue weighted by atomic mass is 9.95. The lowest BCUT2D eigenvalue weighted by Gasteiger charge is -2.37. The van der Waals surface area contributed by atoms with Gasteiger partial charge in [-0.1, -0.05) is 0 Å². The van der Waals surface area contributed by atoms with Crippen molar-refractivity contribution in [3.8, 4) is 0 Å². The molecule has 1 aliphatic heterocycles. The van der Waals surface area contributed by atoms with Gasteiger partial charge in [0.15, 0.2) is 0 Å². The van der Waals surface area contributed by atoms with Crippen LogP contribution in [-0.4, -0.2) is 32.6 Å². The van der Waals surface area contributed by atoms with Gasteiger partial charge in [0.2, 0.25) is 0 Å². The van der Waals surface area contributed by atoms with Crippen molar-refractivity contribution in [3.05, 3.63) is 15.7 Å². The van der Waals surface area contributed by atoms with E-state index >= 15 is 0 Å². The van der Waals surface area contributed by atoms with E-state index in [1.54, 1.807) is 6.20 Å². The number of piperidine rings is 1. The Morgan fingerprint density at radius 3 is 2.85 bits per heavy atom. The number of likely N-dealkylation sites (tertiary alicyclic amines) is 1. The van der Waals surface area contributed by atoms with Gasteiger partial charge in [-0.2, -0.15) is 0 Å². The number of fused-ring (bicyclic) bond motifs is 1. The molecule has 2 fully saturated rings. The molecule has 5 nitrogen and oxygen atoms in total. The smallest absolute Gasteiger partial charge is 0.411 e. The molecule has 0 spiro atoms. The molecule has 20 heavy (non-hydrogen) atoms. The van der Waals surface area contributed by atoms with Crippen molar-refractivity contribution < 1.29 is 9.53 Å². The van der Waals surface area contributed by atoms with E-state index in [0.717, 1.165) is 22.4 Å². The highest BCUT2D eigenvalue weighted by molar-refractivity contribution is 14.1. The third-order valence-corrected chi connectivity index (χ3v) is 4.60. The van der Waals surface area contributed by atoms with Gasteiger partial charge in [0.25, 0.3) is 0 Å². The fourth-order valence-corrected chi connectivity index (χ4v) is 3.57. The largest absolute Gasteiger partial charge is 0.444 e. The molecule has 2 heterocycles. The van der Waals surface area contributed by atoms with Gasteiger partial charge in [-0.3, -0.25) is 4.90 Å². The Bertz CT molecular complexity index is 551. The molecule has 110 valence electrons. The molecular formula is C14H20IN3O2. The number of hydrogen-bond donors (Lipinski definition) is 1. The summed E-state index contributed by atoms with van der Waals surface area (Å²) in [5.41, 5.74) is -0.845. The predicted molar refractivity (Wildman–Crippen MR) is 83.2 cm³/mol. The molecule has 0 bridgehead atoms. The Morgan fingerprint density at radius 1 is 1.60 bits per heavy atom. The molecule has 3 atom stereocenters. The molecule has 1 amide bonds. The zero-order chi connectivity index (χ0) is 14.7. The van der Waals surface area contributed by atoms with Crippen LogP contribution >= 0.6 is 22.6 Å². The zero-order valence-electron chi connectivity index (χ0n) is 12.2. The molecule has 1 saturated carbocycles. The first kappa shape index (κ1) is 14.2. The SMILES string of the molecule is CC(C)(C)OC(=O)N1[C@@H]2C[C@@H]2CC1(C)c1ncc(I)[nH]1. The van der Waals surface area contributed by atoms with Gasteiger partial charge < -0.3 is 9.72 Å². The minimum atomic E-state index is -0.470. The number of nitrogens with one attached hydrogen (secondary N) is 1. The average molecular weight is 389 g/mol. The van der Waals surface area contributed by atoms with Crippen LogP contribution in [0.4, 0.5) is 4.79 Å². The summed E-state index contributed by atoms with van der Waals surface area (Å²) in [4.78, 5) is 22.2. The predicted octanol–water partition coefficient (Wildman–Crippen LogP) is 3.26. The van der Waals surface area contributed by atoms with Gasteiger partial charge in [0, 0.05) is 6.04 Å². The number of aromatic nitrogens is 2. The van der Waals surface area contributed by atoms with Gasteiger partial charge in [-0.05, 0) is 69.0 Å². The van der Waals surface area contributed by atoms with Crippen molar-refractivity contribution in [1.82, 2.24) is 14.9 Å². The number of amides is 1. The van der Waals surface area contributed by atoms with Crippen LogP contribution in [0.1, 0.15) is 46.4 Å². The van der Waals surface area contributed by atoms with E-state index in [9.17, 15) is 4.79 Å². The van der Waals surface area contributed by atoms with E-state index in [4.69, 9.17) is 4.74 Å². The molecule has 2 aliphatic rings. The second-order valence-corrected chi connectivity index (χ2v) is 8.13. The van der Waals surface area contributed by atoms with Gasteiger partial charge in [-0.15, -0.1) is 0 Å². The second-order valence-electron chi connectivity index (χ2n) is 6.97. The molecule has 1 unspecified atom stereocenters. The molecule has 1 aliphatic carbocycles. The summed E-state index contributed by atoms with van der Waals surface area (Å²) in [5.74, 6) is 1.45. The summed E-state index contributed by atoms with van der Waals surface area (Å²) in [6.07, 6.45) is 3.63. The van der Waals surface area contributed by atoms with Crippen molar-refractivity contribution in [2.75, 3.05) is 0 Å². The van der Waals surface area contributed by atoms with Gasteiger partial charge in [0.1, 0.15) is 17.0 Å². The topological polar surface area (TPSA) is 58.2 Å². The number of carbonyl (C=O) groups is 1. The Kier molecular flexibility index (Phi) is 3.08. The molecular weight excluding hydrogens is 369 g/mol. The van der Waals surface area contributed by atoms with Gasteiger partial charge in [-0.25, -0.2) is 9.78 Å². The summed E-state index contributed by atoms with van der Waals surface area (Å²) in [7, 11) is 0. The zero-order valence-corrected chi connectivity index (χ0v) is 14.4. The number of imidazole rings is 1. The number of halogens is 1. The lowest BCUT2D eigenvalue weighted by molar-refractivity contribution is 0.00186. The summed E-state index contributed by atoms with van der Waals surface area (Å²) >= 11 is 2.20. The monoisotopic (exact) mass is 389 g/mol. The Morgan fingerprint density at radius 2 is 2.30 bits per heavy atom. The van der Waals surface area contributed by atoms with E-state index in [0.29, 0.717) is 12.0 Å². The number of aromatic amines is 1. The van der Waals surface area contributed by atoms with Crippen LogP contribution in [0.5, 0.6) is 0 Å². The normalized spacial score (nSPS) is 32.1. The van der Waals surface area contributed by atoms with E-state index in [1.807, 2.05) is 25.7 Å². The van der Waals surface area contributed by atoms with Crippen LogP contribution in [0.3, 0.4) is 0 Å². The quantitative estimate of drug-likeness (QED) is 0.751. The minimum absolute atomic E-state index is 0.226.